The maximum absolute atomic E-state index is 4.93. The van der Waals surface area contributed by atoms with E-state index < -0.39 is 0 Å². The number of likely N-dealkylation sites (tertiary alicyclic amines) is 1. The Labute approximate surface area is 312 Å². The fourth-order valence-corrected chi connectivity index (χ4v) is 6.91. The molecule has 5 aromatic rings. The molecule has 1 aliphatic rings. The van der Waals surface area contributed by atoms with E-state index in [1.165, 1.54) is 66.9 Å². The maximum Gasteiger partial charge on any atom is 0.0752 e. The number of nitrogens with zero attached hydrogens (tertiary/aromatic N) is 4. The number of pyridine rings is 2. The van der Waals surface area contributed by atoms with Crippen LogP contribution in [-0.4, -0.2) is 34.0 Å². The van der Waals surface area contributed by atoms with Gasteiger partial charge in [0.2, 0.25) is 0 Å². The van der Waals surface area contributed by atoms with E-state index in [4.69, 9.17) is 9.97 Å². The van der Waals surface area contributed by atoms with E-state index in [1.807, 2.05) is 12.4 Å². The molecule has 6 rings (SSSR count). The van der Waals surface area contributed by atoms with E-state index in [2.05, 4.69) is 131 Å². The second-order valence-electron chi connectivity index (χ2n) is 13.5. The summed E-state index contributed by atoms with van der Waals surface area (Å²) in [5, 5.41) is 0. The first kappa shape index (κ1) is 40.0. The molecule has 1 aliphatic heterocycles. The highest BCUT2D eigenvalue weighted by atomic mass is 35.5. The summed E-state index contributed by atoms with van der Waals surface area (Å²) in [5.41, 5.74) is 17.8. The van der Waals surface area contributed by atoms with Gasteiger partial charge in [-0.15, -0.1) is 37.2 Å². The Balaban J connectivity index is 0.00000217. The summed E-state index contributed by atoms with van der Waals surface area (Å²) >= 11 is 0. The van der Waals surface area contributed by atoms with Crippen LogP contribution in [0.25, 0.3) is 22.5 Å². The van der Waals surface area contributed by atoms with Crippen molar-refractivity contribution in [1.29, 1.82) is 0 Å². The van der Waals surface area contributed by atoms with Crippen LogP contribution in [0.5, 0.6) is 0 Å². The van der Waals surface area contributed by atoms with Gasteiger partial charge in [0.25, 0.3) is 0 Å². The van der Waals surface area contributed by atoms with E-state index in [9.17, 15) is 0 Å². The smallest absolute Gasteiger partial charge is 0.0752 e. The second kappa shape index (κ2) is 17.5. The third-order valence-electron chi connectivity index (χ3n) is 10.2. The van der Waals surface area contributed by atoms with Crippen LogP contribution in [-0.2, 0) is 13.1 Å². The Bertz CT molecular complexity index is 1800. The molecular formula is C42H51Cl3N4. The van der Waals surface area contributed by atoms with Crippen molar-refractivity contribution in [2.45, 2.75) is 80.4 Å². The first-order valence-electron chi connectivity index (χ1n) is 16.8. The van der Waals surface area contributed by atoms with Gasteiger partial charge in [0, 0.05) is 61.4 Å². The molecule has 4 nitrogen and oxygen atoms in total. The number of aryl methyl sites for hydroxylation is 5. The molecule has 1 fully saturated rings. The fourth-order valence-electron chi connectivity index (χ4n) is 6.91. The molecule has 0 N–H and O–H groups in total. The third-order valence-corrected chi connectivity index (χ3v) is 10.2. The van der Waals surface area contributed by atoms with Gasteiger partial charge in [0.1, 0.15) is 0 Å². The monoisotopic (exact) mass is 716 g/mol. The molecule has 0 saturated carbocycles. The zero-order valence-corrected chi connectivity index (χ0v) is 32.4. The van der Waals surface area contributed by atoms with E-state index in [0.29, 0.717) is 6.04 Å². The van der Waals surface area contributed by atoms with Crippen LogP contribution < -0.4 is 4.90 Å². The lowest BCUT2D eigenvalue weighted by molar-refractivity contribution is 0.201. The van der Waals surface area contributed by atoms with Crippen LogP contribution in [0.3, 0.4) is 0 Å². The van der Waals surface area contributed by atoms with Gasteiger partial charge < -0.3 is 4.90 Å². The molecule has 0 aliphatic carbocycles. The summed E-state index contributed by atoms with van der Waals surface area (Å²) in [6.07, 6.45) is 6.16. The van der Waals surface area contributed by atoms with E-state index in [1.54, 1.807) is 0 Å². The van der Waals surface area contributed by atoms with E-state index in [-0.39, 0.29) is 37.2 Å². The summed E-state index contributed by atoms with van der Waals surface area (Å²) in [4.78, 5) is 14.9. The van der Waals surface area contributed by atoms with Crippen molar-refractivity contribution in [2.24, 2.45) is 0 Å². The normalized spacial score (nSPS) is 13.2. The molecule has 0 unspecified atom stereocenters. The SMILES string of the molecule is Cc1ccc(N(Cc2cccnc2-c2cc(C)c(C)c(C)c2)C2CCN(Cc3ccnc(-c4cc(C)c(C)c(C)c4)c3)CC2)cc1.Cl.Cl.Cl. The lowest BCUT2D eigenvalue weighted by Gasteiger charge is -2.40. The summed E-state index contributed by atoms with van der Waals surface area (Å²) in [6.45, 7) is 19.3. The van der Waals surface area contributed by atoms with Crippen molar-refractivity contribution < 1.29 is 0 Å². The lowest BCUT2D eigenvalue weighted by atomic mass is 9.95. The number of benzene rings is 3. The number of hydrogen-bond donors (Lipinski definition) is 0. The third kappa shape index (κ3) is 9.23. The molecule has 7 heteroatoms. The molecule has 0 atom stereocenters. The van der Waals surface area contributed by atoms with Gasteiger partial charge >= 0.3 is 0 Å². The summed E-state index contributed by atoms with van der Waals surface area (Å²) in [6, 6.07) is 27.5. The lowest BCUT2D eigenvalue weighted by Crippen LogP contribution is -2.44. The van der Waals surface area contributed by atoms with Gasteiger partial charge in [-0.2, -0.15) is 0 Å². The number of rotatable bonds is 8. The molecule has 3 aromatic carbocycles. The average Bonchev–Trinajstić information content (AvgIpc) is 3.06. The van der Waals surface area contributed by atoms with Crippen LogP contribution in [0.15, 0.2) is 85.2 Å². The largest absolute Gasteiger partial charge is 0.364 e. The predicted molar refractivity (Wildman–Crippen MR) is 215 cm³/mol. The first-order chi connectivity index (χ1) is 22.2. The molecule has 0 amide bonds. The summed E-state index contributed by atoms with van der Waals surface area (Å²) in [7, 11) is 0. The number of aromatic nitrogens is 2. The summed E-state index contributed by atoms with van der Waals surface area (Å²) < 4.78 is 0. The quantitative estimate of drug-likeness (QED) is 0.160. The molecule has 1 saturated heterocycles. The predicted octanol–water partition coefficient (Wildman–Crippen LogP) is 10.9. The van der Waals surface area contributed by atoms with Crippen molar-refractivity contribution in [3.8, 4) is 22.5 Å². The molecule has 0 radical (unpaired) electrons. The Hall–Kier alpha value is -3.41. The van der Waals surface area contributed by atoms with Crippen molar-refractivity contribution >= 4 is 42.9 Å². The first-order valence-corrected chi connectivity index (χ1v) is 16.8. The van der Waals surface area contributed by atoms with Gasteiger partial charge in [0.05, 0.1) is 11.4 Å². The van der Waals surface area contributed by atoms with Crippen LogP contribution in [0.4, 0.5) is 5.69 Å². The zero-order valence-electron chi connectivity index (χ0n) is 29.9. The number of anilines is 1. The highest BCUT2D eigenvalue weighted by molar-refractivity contribution is 5.86. The minimum absolute atomic E-state index is 0. The van der Waals surface area contributed by atoms with Crippen molar-refractivity contribution in [3.63, 3.8) is 0 Å². The Kier molecular flexibility index (Phi) is 14.3. The molecule has 2 aromatic heterocycles. The standard InChI is InChI=1S/C42H48N4.3ClH/c1-28-10-12-39(13-11-28)46(27-36-9-8-17-44-42(36)38-23-31(4)34(7)32(5)24-38)40-15-19-45(20-16-40)26-35-14-18-43-41(25-35)37-21-29(2)33(6)30(3)22-37;;;/h8-14,17-18,21-25,40H,15-16,19-20,26-27H2,1-7H3;3*1H. The van der Waals surface area contributed by atoms with E-state index >= 15 is 0 Å². The van der Waals surface area contributed by atoms with Crippen molar-refractivity contribution in [2.75, 3.05) is 18.0 Å². The van der Waals surface area contributed by atoms with Gasteiger partial charge in [-0.25, -0.2) is 0 Å². The maximum atomic E-state index is 4.93. The molecule has 49 heavy (non-hydrogen) atoms. The van der Waals surface area contributed by atoms with E-state index in [0.717, 1.165) is 50.4 Å². The molecular weight excluding hydrogens is 667 g/mol. The fraction of sp³-hybridized carbons (Fsp3) is 0.333. The average molecular weight is 718 g/mol. The molecule has 0 spiro atoms. The van der Waals surface area contributed by atoms with Gasteiger partial charge in [-0.1, -0.05) is 23.8 Å². The van der Waals surface area contributed by atoms with Crippen molar-refractivity contribution in [1.82, 2.24) is 14.9 Å². The highest BCUT2D eigenvalue weighted by Crippen LogP contribution is 2.32. The number of piperidine rings is 1. The molecule has 0 bridgehead atoms. The molecule has 3 heterocycles. The zero-order chi connectivity index (χ0) is 32.4. The van der Waals surface area contributed by atoms with Crippen LogP contribution in [0.2, 0.25) is 0 Å². The van der Waals surface area contributed by atoms with Gasteiger partial charge in [0.15, 0.2) is 0 Å². The Morgan fingerprint density at radius 2 is 1.22 bits per heavy atom. The van der Waals surface area contributed by atoms with Gasteiger partial charge in [-0.05, 0) is 160 Å². The van der Waals surface area contributed by atoms with Crippen LogP contribution in [0.1, 0.15) is 62.9 Å². The van der Waals surface area contributed by atoms with Crippen LogP contribution in [0, 0.1) is 48.5 Å². The Morgan fingerprint density at radius 3 is 1.82 bits per heavy atom. The minimum atomic E-state index is 0. The molecule has 260 valence electrons. The number of halogens is 3. The van der Waals surface area contributed by atoms with Crippen LogP contribution >= 0.6 is 37.2 Å². The number of hydrogen-bond acceptors (Lipinski definition) is 4. The Morgan fingerprint density at radius 1 is 0.653 bits per heavy atom. The van der Waals surface area contributed by atoms with Crippen molar-refractivity contribution in [3.05, 3.63) is 135 Å². The summed E-state index contributed by atoms with van der Waals surface area (Å²) in [5.74, 6) is 0. The van der Waals surface area contributed by atoms with Gasteiger partial charge in [-0.3, -0.25) is 14.9 Å². The second-order valence-corrected chi connectivity index (χ2v) is 13.5. The highest BCUT2D eigenvalue weighted by Gasteiger charge is 2.26. The topological polar surface area (TPSA) is 32.3 Å². The minimum Gasteiger partial charge on any atom is -0.364 e.